The van der Waals surface area contributed by atoms with Crippen molar-refractivity contribution < 1.29 is 0 Å². The molecule has 0 amide bonds. The van der Waals surface area contributed by atoms with Crippen LogP contribution < -0.4 is 5.56 Å². The predicted octanol–water partition coefficient (Wildman–Crippen LogP) is 2.66. The van der Waals surface area contributed by atoms with Crippen molar-refractivity contribution in [2.75, 3.05) is 0 Å². The fourth-order valence-corrected chi connectivity index (χ4v) is 1.46. The van der Waals surface area contributed by atoms with Gasteiger partial charge in [-0.05, 0) is 40.4 Å². The number of halogens is 1. The van der Waals surface area contributed by atoms with Crippen molar-refractivity contribution in [3.63, 3.8) is 0 Å². The summed E-state index contributed by atoms with van der Waals surface area (Å²) in [6.45, 7) is 5.11. The molecule has 0 fully saturated rings. The van der Waals surface area contributed by atoms with Crippen molar-refractivity contribution >= 4 is 15.9 Å². The predicted molar refractivity (Wildman–Crippen MR) is 57.9 cm³/mol. The van der Waals surface area contributed by atoms with E-state index in [0.717, 1.165) is 13.0 Å². The lowest BCUT2D eigenvalue weighted by atomic mass is 10.1. The van der Waals surface area contributed by atoms with Gasteiger partial charge in [0.05, 0.1) is 4.47 Å². The van der Waals surface area contributed by atoms with Crippen LogP contribution in [0, 0.1) is 5.92 Å². The molecule has 0 bridgehead atoms. The smallest absolute Gasteiger partial charge is 0.264 e. The molecule has 72 valence electrons. The second kappa shape index (κ2) is 4.61. The van der Waals surface area contributed by atoms with Gasteiger partial charge in [-0.2, -0.15) is 0 Å². The van der Waals surface area contributed by atoms with Gasteiger partial charge in [-0.15, -0.1) is 0 Å². The SMILES string of the molecule is CC(C)CCn1cccc(Br)c1=O. The lowest BCUT2D eigenvalue weighted by molar-refractivity contribution is 0.507. The lowest BCUT2D eigenvalue weighted by Gasteiger charge is -2.07. The van der Waals surface area contributed by atoms with Crippen LogP contribution in [0.1, 0.15) is 20.3 Å². The van der Waals surface area contributed by atoms with Crippen molar-refractivity contribution in [3.05, 3.63) is 33.2 Å². The van der Waals surface area contributed by atoms with E-state index >= 15 is 0 Å². The monoisotopic (exact) mass is 243 g/mol. The Bertz CT molecular complexity index is 330. The average molecular weight is 244 g/mol. The van der Waals surface area contributed by atoms with Crippen LogP contribution in [0.5, 0.6) is 0 Å². The second-order valence-corrected chi connectivity index (χ2v) is 4.39. The van der Waals surface area contributed by atoms with Crippen molar-refractivity contribution in [2.24, 2.45) is 5.92 Å². The Morgan fingerprint density at radius 1 is 1.54 bits per heavy atom. The summed E-state index contributed by atoms with van der Waals surface area (Å²) >= 11 is 3.22. The quantitative estimate of drug-likeness (QED) is 0.801. The number of rotatable bonds is 3. The molecular formula is C10H14BrNO. The zero-order valence-electron chi connectivity index (χ0n) is 7.96. The Kier molecular flexibility index (Phi) is 3.72. The molecule has 0 aliphatic carbocycles. The number of hydrogen-bond donors (Lipinski definition) is 0. The fourth-order valence-electron chi connectivity index (χ4n) is 1.08. The number of pyridine rings is 1. The van der Waals surface area contributed by atoms with Crippen LogP contribution in [0.25, 0.3) is 0 Å². The molecule has 0 atom stereocenters. The van der Waals surface area contributed by atoms with E-state index in [4.69, 9.17) is 0 Å². The maximum atomic E-state index is 11.5. The largest absolute Gasteiger partial charge is 0.315 e. The highest BCUT2D eigenvalue weighted by Gasteiger charge is 2.00. The topological polar surface area (TPSA) is 22.0 Å². The lowest BCUT2D eigenvalue weighted by Crippen LogP contribution is -2.20. The molecule has 1 rings (SSSR count). The molecule has 0 unspecified atom stereocenters. The van der Waals surface area contributed by atoms with E-state index in [0.29, 0.717) is 10.4 Å². The molecule has 0 aliphatic heterocycles. The maximum Gasteiger partial charge on any atom is 0.264 e. The van der Waals surface area contributed by atoms with E-state index < -0.39 is 0 Å². The van der Waals surface area contributed by atoms with Gasteiger partial charge in [0.2, 0.25) is 0 Å². The number of nitrogens with zero attached hydrogens (tertiary/aromatic N) is 1. The number of aromatic nitrogens is 1. The van der Waals surface area contributed by atoms with Crippen LogP contribution in [0.4, 0.5) is 0 Å². The summed E-state index contributed by atoms with van der Waals surface area (Å²) in [6.07, 6.45) is 2.87. The summed E-state index contributed by atoms with van der Waals surface area (Å²) in [5.41, 5.74) is 0.0585. The molecule has 0 aliphatic rings. The Balaban J connectivity index is 2.78. The second-order valence-electron chi connectivity index (χ2n) is 3.54. The van der Waals surface area contributed by atoms with Crippen molar-refractivity contribution in [1.29, 1.82) is 0 Å². The molecular weight excluding hydrogens is 230 g/mol. The van der Waals surface area contributed by atoms with Gasteiger partial charge in [0.25, 0.3) is 5.56 Å². The van der Waals surface area contributed by atoms with Gasteiger partial charge in [-0.1, -0.05) is 13.8 Å². The summed E-state index contributed by atoms with van der Waals surface area (Å²) in [5, 5.41) is 0. The molecule has 0 N–H and O–H groups in total. The minimum Gasteiger partial charge on any atom is -0.315 e. The van der Waals surface area contributed by atoms with Gasteiger partial charge in [0, 0.05) is 12.7 Å². The summed E-state index contributed by atoms with van der Waals surface area (Å²) in [4.78, 5) is 11.5. The van der Waals surface area contributed by atoms with Gasteiger partial charge in [0.1, 0.15) is 0 Å². The summed E-state index contributed by atoms with van der Waals surface area (Å²) in [6, 6.07) is 3.65. The Hall–Kier alpha value is -0.570. The molecule has 13 heavy (non-hydrogen) atoms. The van der Waals surface area contributed by atoms with Gasteiger partial charge in [0.15, 0.2) is 0 Å². The molecule has 0 radical (unpaired) electrons. The molecule has 1 aromatic rings. The number of aryl methyl sites for hydroxylation is 1. The molecule has 0 saturated heterocycles. The third-order valence-electron chi connectivity index (χ3n) is 1.92. The van der Waals surface area contributed by atoms with Crippen LogP contribution in [0.2, 0.25) is 0 Å². The third-order valence-corrected chi connectivity index (χ3v) is 2.52. The van der Waals surface area contributed by atoms with Crippen molar-refractivity contribution in [3.8, 4) is 0 Å². The molecule has 1 aromatic heterocycles. The van der Waals surface area contributed by atoms with Crippen molar-refractivity contribution in [1.82, 2.24) is 4.57 Å². The van der Waals surface area contributed by atoms with E-state index in [1.807, 2.05) is 12.3 Å². The van der Waals surface area contributed by atoms with E-state index in [-0.39, 0.29) is 5.56 Å². The minimum absolute atomic E-state index is 0.0585. The van der Waals surface area contributed by atoms with Gasteiger partial charge < -0.3 is 4.57 Å². The van der Waals surface area contributed by atoms with Crippen LogP contribution in [0.15, 0.2) is 27.6 Å². The first kappa shape index (κ1) is 10.5. The van der Waals surface area contributed by atoms with Crippen LogP contribution in [-0.2, 0) is 6.54 Å². The average Bonchev–Trinajstić information content (AvgIpc) is 2.07. The molecule has 0 aromatic carbocycles. The van der Waals surface area contributed by atoms with E-state index in [1.54, 1.807) is 10.6 Å². The summed E-state index contributed by atoms with van der Waals surface area (Å²) in [7, 11) is 0. The van der Waals surface area contributed by atoms with Gasteiger partial charge in [-0.3, -0.25) is 4.79 Å². The van der Waals surface area contributed by atoms with Crippen LogP contribution >= 0.6 is 15.9 Å². The molecule has 0 saturated carbocycles. The normalized spacial score (nSPS) is 10.8. The van der Waals surface area contributed by atoms with E-state index in [1.165, 1.54) is 0 Å². The van der Waals surface area contributed by atoms with Gasteiger partial charge in [-0.25, -0.2) is 0 Å². The number of hydrogen-bond acceptors (Lipinski definition) is 1. The Labute approximate surface area is 86.7 Å². The summed E-state index contributed by atoms with van der Waals surface area (Å²) in [5.74, 6) is 0.630. The Morgan fingerprint density at radius 2 is 2.23 bits per heavy atom. The first-order valence-electron chi connectivity index (χ1n) is 4.46. The first-order valence-corrected chi connectivity index (χ1v) is 5.25. The van der Waals surface area contributed by atoms with Gasteiger partial charge >= 0.3 is 0 Å². The highest BCUT2D eigenvalue weighted by molar-refractivity contribution is 9.10. The highest BCUT2D eigenvalue weighted by Crippen LogP contribution is 2.04. The van der Waals surface area contributed by atoms with E-state index in [9.17, 15) is 4.79 Å². The maximum absolute atomic E-state index is 11.5. The fraction of sp³-hybridized carbons (Fsp3) is 0.500. The highest BCUT2D eigenvalue weighted by atomic mass is 79.9. The van der Waals surface area contributed by atoms with Crippen LogP contribution in [0.3, 0.4) is 0 Å². The molecule has 2 nitrogen and oxygen atoms in total. The zero-order chi connectivity index (χ0) is 9.84. The zero-order valence-corrected chi connectivity index (χ0v) is 9.54. The molecule has 3 heteroatoms. The molecule has 0 spiro atoms. The Morgan fingerprint density at radius 3 is 2.85 bits per heavy atom. The first-order chi connectivity index (χ1) is 6.11. The van der Waals surface area contributed by atoms with E-state index in [2.05, 4.69) is 29.8 Å². The summed E-state index contributed by atoms with van der Waals surface area (Å²) < 4.78 is 2.38. The third kappa shape index (κ3) is 2.99. The van der Waals surface area contributed by atoms with Crippen molar-refractivity contribution in [2.45, 2.75) is 26.8 Å². The van der Waals surface area contributed by atoms with Crippen LogP contribution in [-0.4, -0.2) is 4.57 Å². The molecule has 1 heterocycles. The standard InChI is InChI=1S/C10H14BrNO/c1-8(2)5-7-12-6-3-4-9(11)10(12)13/h3-4,6,8H,5,7H2,1-2H3. The minimum atomic E-state index is 0.0585.